The molecule has 0 saturated carbocycles. The molecule has 1 amide bonds. The molecule has 0 aliphatic heterocycles. The summed E-state index contributed by atoms with van der Waals surface area (Å²) in [6.07, 6.45) is 2.52. The minimum Gasteiger partial charge on any atom is -0.494 e. The van der Waals surface area contributed by atoms with Crippen LogP contribution in [0.3, 0.4) is 0 Å². The van der Waals surface area contributed by atoms with Crippen LogP contribution in [0.25, 0.3) is 0 Å². The summed E-state index contributed by atoms with van der Waals surface area (Å²) < 4.78 is 18.0. The highest BCUT2D eigenvalue weighted by Crippen LogP contribution is 2.29. The number of hydrogen-bond donors (Lipinski definition) is 1. The summed E-state index contributed by atoms with van der Waals surface area (Å²) in [6.45, 7) is 6.28. The number of anilines is 1. The smallest absolute Gasteiger partial charge is 0.234 e. The van der Waals surface area contributed by atoms with Crippen molar-refractivity contribution in [1.82, 2.24) is 14.8 Å². The Morgan fingerprint density at radius 1 is 1.26 bits per heavy atom. The van der Waals surface area contributed by atoms with Gasteiger partial charge in [-0.1, -0.05) is 11.8 Å². The van der Waals surface area contributed by atoms with Crippen LogP contribution in [-0.4, -0.2) is 53.4 Å². The van der Waals surface area contributed by atoms with Gasteiger partial charge in [-0.25, -0.2) is 0 Å². The van der Waals surface area contributed by atoms with Crippen LogP contribution in [0.15, 0.2) is 29.7 Å². The van der Waals surface area contributed by atoms with Crippen LogP contribution < -0.4 is 14.8 Å². The summed E-state index contributed by atoms with van der Waals surface area (Å²) >= 11 is 1.34. The molecule has 1 heterocycles. The normalized spacial score (nSPS) is 10.6. The van der Waals surface area contributed by atoms with Crippen molar-refractivity contribution in [3.05, 3.63) is 24.5 Å². The van der Waals surface area contributed by atoms with Gasteiger partial charge in [0.25, 0.3) is 0 Å². The van der Waals surface area contributed by atoms with Crippen molar-refractivity contribution >= 4 is 23.4 Å². The number of methoxy groups -OCH3 is 1. The molecule has 1 aromatic carbocycles. The van der Waals surface area contributed by atoms with Crippen molar-refractivity contribution in [3.8, 4) is 11.5 Å². The van der Waals surface area contributed by atoms with Gasteiger partial charge in [-0.05, 0) is 32.4 Å². The molecule has 2 rings (SSSR count). The first-order valence-corrected chi connectivity index (χ1v) is 9.85. The van der Waals surface area contributed by atoms with E-state index in [4.69, 9.17) is 14.2 Å². The molecule has 8 nitrogen and oxygen atoms in total. The molecule has 9 heteroatoms. The van der Waals surface area contributed by atoms with Gasteiger partial charge in [0, 0.05) is 26.3 Å². The van der Waals surface area contributed by atoms with E-state index in [2.05, 4.69) is 15.5 Å². The van der Waals surface area contributed by atoms with Crippen LogP contribution >= 0.6 is 11.8 Å². The number of amides is 1. The zero-order valence-corrected chi connectivity index (χ0v) is 16.8. The number of aromatic nitrogens is 3. The van der Waals surface area contributed by atoms with E-state index in [0.717, 1.165) is 13.0 Å². The molecule has 0 spiro atoms. The van der Waals surface area contributed by atoms with Crippen molar-refractivity contribution in [1.29, 1.82) is 0 Å². The number of rotatable bonds is 12. The molecule has 1 N–H and O–H groups in total. The lowest BCUT2D eigenvalue weighted by Crippen LogP contribution is -2.15. The van der Waals surface area contributed by atoms with Crippen LogP contribution in [0.1, 0.15) is 20.3 Å². The van der Waals surface area contributed by atoms with E-state index in [1.54, 1.807) is 25.6 Å². The second kappa shape index (κ2) is 11.5. The molecule has 0 bridgehead atoms. The summed E-state index contributed by atoms with van der Waals surface area (Å²) in [7, 11) is 1.67. The van der Waals surface area contributed by atoms with Crippen molar-refractivity contribution in [2.45, 2.75) is 32.0 Å². The average Bonchev–Trinajstić information content (AvgIpc) is 3.10. The summed E-state index contributed by atoms with van der Waals surface area (Å²) in [5.41, 5.74) is 0.593. The highest BCUT2D eigenvalue weighted by molar-refractivity contribution is 7.99. The fraction of sp³-hybridized carbons (Fsp3) is 0.500. The van der Waals surface area contributed by atoms with Crippen molar-refractivity contribution in [2.75, 3.05) is 38.0 Å². The van der Waals surface area contributed by atoms with Crippen LogP contribution in [0.2, 0.25) is 0 Å². The Morgan fingerprint density at radius 3 is 2.81 bits per heavy atom. The first kappa shape index (κ1) is 21.0. The Balaban J connectivity index is 1.95. The molecular weight excluding hydrogens is 368 g/mol. The first-order valence-electron chi connectivity index (χ1n) is 8.87. The predicted molar refractivity (Wildman–Crippen MR) is 105 cm³/mol. The fourth-order valence-electron chi connectivity index (χ4n) is 2.35. The molecule has 1 aromatic heterocycles. The quantitative estimate of drug-likeness (QED) is 0.437. The molecule has 0 aliphatic carbocycles. The van der Waals surface area contributed by atoms with Gasteiger partial charge < -0.3 is 24.1 Å². The SMILES string of the molecule is CCOc1ccc(OCC)c(NC(=O)CSc2nncn2CCCOC)c1. The number of carbonyl (C=O) groups is 1. The molecule has 0 unspecified atom stereocenters. The minimum absolute atomic E-state index is 0.152. The standard InChI is InChI=1S/C18H26N4O4S/c1-4-25-14-7-8-16(26-5-2)15(11-14)20-17(23)12-27-18-21-19-13-22(18)9-6-10-24-3/h7-8,11,13H,4-6,9-10,12H2,1-3H3,(H,20,23). The number of ether oxygens (including phenoxy) is 3. The van der Waals surface area contributed by atoms with Gasteiger partial charge in [-0.3, -0.25) is 4.79 Å². The van der Waals surface area contributed by atoms with E-state index in [9.17, 15) is 4.79 Å². The second-order valence-electron chi connectivity index (χ2n) is 5.51. The predicted octanol–water partition coefficient (Wildman–Crippen LogP) is 2.84. The molecule has 0 atom stereocenters. The van der Waals surface area contributed by atoms with Crippen LogP contribution in [0, 0.1) is 0 Å². The Labute approximate surface area is 163 Å². The lowest BCUT2D eigenvalue weighted by Gasteiger charge is -2.13. The number of nitrogens with one attached hydrogen (secondary N) is 1. The topological polar surface area (TPSA) is 87.5 Å². The maximum atomic E-state index is 12.4. The third kappa shape index (κ3) is 6.76. The number of hydrogen-bond acceptors (Lipinski definition) is 7. The summed E-state index contributed by atoms with van der Waals surface area (Å²) in [5.74, 6) is 1.36. The third-order valence-electron chi connectivity index (χ3n) is 3.50. The van der Waals surface area contributed by atoms with Gasteiger partial charge in [0.15, 0.2) is 5.16 Å². The fourth-order valence-corrected chi connectivity index (χ4v) is 3.09. The molecule has 0 radical (unpaired) electrons. The monoisotopic (exact) mass is 394 g/mol. The lowest BCUT2D eigenvalue weighted by atomic mass is 10.2. The highest BCUT2D eigenvalue weighted by atomic mass is 32.2. The van der Waals surface area contributed by atoms with Crippen molar-refractivity contribution in [2.24, 2.45) is 0 Å². The number of carbonyl (C=O) groups excluding carboxylic acids is 1. The summed E-state index contributed by atoms with van der Waals surface area (Å²) in [5, 5.41) is 11.6. The largest absolute Gasteiger partial charge is 0.494 e. The average molecular weight is 394 g/mol. The third-order valence-corrected chi connectivity index (χ3v) is 4.48. The Kier molecular flexibility index (Phi) is 8.93. The van der Waals surface area contributed by atoms with Crippen molar-refractivity contribution < 1.29 is 19.0 Å². The summed E-state index contributed by atoms with van der Waals surface area (Å²) in [6, 6.07) is 5.38. The van der Waals surface area contributed by atoms with Crippen LogP contribution in [0.4, 0.5) is 5.69 Å². The Bertz CT molecular complexity index is 723. The maximum Gasteiger partial charge on any atom is 0.234 e. The van der Waals surface area contributed by atoms with Gasteiger partial charge in [0.2, 0.25) is 5.91 Å². The lowest BCUT2D eigenvalue weighted by molar-refractivity contribution is -0.113. The van der Waals surface area contributed by atoms with Crippen LogP contribution in [0.5, 0.6) is 11.5 Å². The van der Waals surface area contributed by atoms with E-state index in [1.165, 1.54) is 11.8 Å². The molecule has 2 aromatic rings. The van der Waals surface area contributed by atoms with Gasteiger partial charge in [-0.15, -0.1) is 10.2 Å². The number of nitrogens with zero attached hydrogens (tertiary/aromatic N) is 3. The molecule has 27 heavy (non-hydrogen) atoms. The number of aryl methyl sites for hydroxylation is 1. The minimum atomic E-state index is -0.152. The molecule has 148 valence electrons. The Hall–Kier alpha value is -2.26. The molecule has 0 aliphatic rings. The van der Waals surface area contributed by atoms with E-state index in [0.29, 0.717) is 42.2 Å². The number of benzene rings is 1. The van der Waals surface area contributed by atoms with Gasteiger partial charge >= 0.3 is 0 Å². The molecular formula is C18H26N4O4S. The Morgan fingerprint density at radius 2 is 2.07 bits per heavy atom. The highest BCUT2D eigenvalue weighted by Gasteiger charge is 2.12. The first-order chi connectivity index (χ1) is 13.2. The zero-order chi connectivity index (χ0) is 19.5. The second-order valence-corrected chi connectivity index (χ2v) is 6.46. The van der Waals surface area contributed by atoms with Gasteiger partial charge in [-0.2, -0.15) is 0 Å². The number of thioether (sulfide) groups is 1. The van der Waals surface area contributed by atoms with E-state index in [1.807, 2.05) is 24.5 Å². The molecule has 0 saturated heterocycles. The van der Waals surface area contributed by atoms with E-state index >= 15 is 0 Å². The van der Waals surface area contributed by atoms with E-state index < -0.39 is 0 Å². The van der Waals surface area contributed by atoms with Gasteiger partial charge in [0.05, 0.1) is 24.7 Å². The maximum absolute atomic E-state index is 12.4. The van der Waals surface area contributed by atoms with Crippen molar-refractivity contribution in [3.63, 3.8) is 0 Å². The van der Waals surface area contributed by atoms with Gasteiger partial charge in [0.1, 0.15) is 17.8 Å². The summed E-state index contributed by atoms with van der Waals surface area (Å²) in [4.78, 5) is 12.4. The molecule has 0 fully saturated rings. The van der Waals surface area contributed by atoms with Crippen LogP contribution in [-0.2, 0) is 16.1 Å². The van der Waals surface area contributed by atoms with E-state index in [-0.39, 0.29) is 11.7 Å². The zero-order valence-electron chi connectivity index (χ0n) is 15.9.